The number of rotatable bonds is 5. The summed E-state index contributed by atoms with van der Waals surface area (Å²) in [7, 11) is 0. The summed E-state index contributed by atoms with van der Waals surface area (Å²) in [5, 5.41) is 16.6. The highest BCUT2D eigenvalue weighted by Crippen LogP contribution is 2.37. The van der Waals surface area contributed by atoms with Gasteiger partial charge < -0.3 is 11.1 Å². The third-order valence-electron chi connectivity index (χ3n) is 4.63. The van der Waals surface area contributed by atoms with Crippen LogP contribution in [-0.4, -0.2) is 27.3 Å². The number of alkyl halides is 1. The summed E-state index contributed by atoms with van der Waals surface area (Å²) in [6.07, 6.45) is 4.43. The number of primary amides is 1. The van der Waals surface area contributed by atoms with Crippen LogP contribution < -0.4 is 11.1 Å². The fraction of sp³-hybridized carbons (Fsp3) is 0.412. The number of carbonyl (C=O) groups is 1. The van der Waals surface area contributed by atoms with Gasteiger partial charge in [-0.3, -0.25) is 13.9 Å². The van der Waals surface area contributed by atoms with E-state index in [4.69, 9.17) is 5.73 Å². The third kappa shape index (κ3) is 3.64. The fourth-order valence-corrected chi connectivity index (χ4v) is 3.29. The van der Waals surface area contributed by atoms with Crippen molar-refractivity contribution >= 4 is 17.4 Å². The molecule has 1 saturated carbocycles. The van der Waals surface area contributed by atoms with E-state index < -0.39 is 24.4 Å². The number of amides is 1. The number of nitrogens with zero attached hydrogens (tertiary/aromatic N) is 4. The molecule has 0 aromatic carbocycles. The molecule has 2 heterocycles. The molecule has 26 heavy (non-hydrogen) atoms. The summed E-state index contributed by atoms with van der Waals surface area (Å²) < 4.78 is 27.7. The van der Waals surface area contributed by atoms with Crippen molar-refractivity contribution in [1.82, 2.24) is 14.8 Å². The Bertz CT molecular complexity index is 846. The summed E-state index contributed by atoms with van der Waals surface area (Å²) in [6, 6.07) is 4.62. The first-order chi connectivity index (χ1) is 12.5. The molecule has 0 bridgehead atoms. The molecule has 136 valence electrons. The van der Waals surface area contributed by atoms with E-state index in [0.29, 0.717) is 24.9 Å². The van der Waals surface area contributed by atoms with Gasteiger partial charge in [-0.05, 0) is 31.2 Å². The smallest absolute Gasteiger partial charge is 0.254 e. The van der Waals surface area contributed by atoms with Crippen LogP contribution in [0.4, 0.5) is 20.3 Å². The number of pyridine rings is 1. The predicted molar refractivity (Wildman–Crippen MR) is 89.7 cm³/mol. The van der Waals surface area contributed by atoms with Crippen LogP contribution in [0.5, 0.6) is 0 Å². The summed E-state index contributed by atoms with van der Waals surface area (Å²) in [5.74, 6) is -1.73. The van der Waals surface area contributed by atoms with Gasteiger partial charge in [0, 0.05) is 24.1 Å². The van der Waals surface area contributed by atoms with Crippen molar-refractivity contribution in [1.29, 1.82) is 5.26 Å². The van der Waals surface area contributed by atoms with E-state index in [0.717, 1.165) is 6.07 Å². The number of aromatic nitrogens is 3. The molecule has 2 aromatic rings. The highest BCUT2D eigenvalue weighted by Gasteiger charge is 2.33. The highest BCUT2D eigenvalue weighted by atomic mass is 19.1. The van der Waals surface area contributed by atoms with E-state index in [1.54, 1.807) is 0 Å². The van der Waals surface area contributed by atoms with E-state index in [1.807, 2.05) is 0 Å². The number of halogens is 2. The van der Waals surface area contributed by atoms with Crippen LogP contribution in [0, 0.1) is 29.1 Å². The number of hydrogen-bond acceptors (Lipinski definition) is 5. The van der Waals surface area contributed by atoms with Crippen LogP contribution in [0.1, 0.15) is 35.7 Å². The Balaban J connectivity index is 1.89. The zero-order valence-electron chi connectivity index (χ0n) is 13.9. The molecule has 3 unspecified atom stereocenters. The van der Waals surface area contributed by atoms with E-state index in [-0.39, 0.29) is 23.3 Å². The molecule has 9 heteroatoms. The first kappa shape index (κ1) is 17.8. The Morgan fingerprint density at radius 2 is 2.31 bits per heavy atom. The molecule has 0 saturated heterocycles. The second kappa shape index (κ2) is 7.47. The Morgan fingerprint density at radius 1 is 1.50 bits per heavy atom. The number of nitriles is 1. The lowest BCUT2D eigenvalue weighted by molar-refractivity contribution is 0.100. The van der Waals surface area contributed by atoms with Gasteiger partial charge in [0.2, 0.25) is 5.95 Å². The standard InChI is InChI=1S/C17H18F2N6O/c18-7-10-1-2-14(11(5-10)8-20)25-9-13(16(21)26)17(24-25)23-12-3-4-22-15(19)6-12/h3-4,6,9-11,14H,1-2,5,7H2,(H2,21,26)(H,22,23,24). The van der Waals surface area contributed by atoms with Crippen LogP contribution in [-0.2, 0) is 0 Å². The maximum absolute atomic E-state index is 13.3. The van der Waals surface area contributed by atoms with Crippen molar-refractivity contribution in [3.8, 4) is 6.07 Å². The zero-order chi connectivity index (χ0) is 18.7. The minimum atomic E-state index is -0.695. The van der Waals surface area contributed by atoms with Gasteiger partial charge in [0.1, 0.15) is 5.56 Å². The molecule has 3 N–H and O–H groups in total. The Hall–Kier alpha value is -3.02. The number of hydrogen-bond donors (Lipinski definition) is 2. The molecule has 0 spiro atoms. The Labute approximate surface area is 148 Å². The number of carbonyl (C=O) groups excluding carboxylic acids is 1. The van der Waals surface area contributed by atoms with Gasteiger partial charge in [0.25, 0.3) is 5.91 Å². The van der Waals surface area contributed by atoms with E-state index in [1.165, 1.54) is 23.1 Å². The van der Waals surface area contributed by atoms with E-state index in [9.17, 15) is 18.8 Å². The molecule has 3 rings (SSSR count). The zero-order valence-corrected chi connectivity index (χ0v) is 13.9. The lowest BCUT2D eigenvalue weighted by Crippen LogP contribution is -2.28. The summed E-state index contributed by atoms with van der Waals surface area (Å²) in [5.41, 5.74) is 5.91. The summed E-state index contributed by atoms with van der Waals surface area (Å²) in [4.78, 5) is 15.2. The van der Waals surface area contributed by atoms with E-state index in [2.05, 4.69) is 21.5 Å². The molecule has 7 nitrogen and oxygen atoms in total. The number of nitrogens with two attached hydrogens (primary N) is 1. The lowest BCUT2D eigenvalue weighted by Gasteiger charge is -2.31. The van der Waals surface area contributed by atoms with Crippen molar-refractivity contribution in [2.45, 2.75) is 25.3 Å². The number of anilines is 2. The third-order valence-corrected chi connectivity index (χ3v) is 4.63. The van der Waals surface area contributed by atoms with Gasteiger partial charge in [-0.1, -0.05) is 0 Å². The average molecular weight is 360 g/mol. The Kier molecular flexibility index (Phi) is 5.11. The summed E-state index contributed by atoms with van der Waals surface area (Å²) in [6.45, 7) is -0.447. The monoisotopic (exact) mass is 360 g/mol. The first-order valence-corrected chi connectivity index (χ1v) is 8.25. The first-order valence-electron chi connectivity index (χ1n) is 8.25. The van der Waals surface area contributed by atoms with Crippen LogP contribution >= 0.6 is 0 Å². The molecular formula is C17H18F2N6O. The maximum atomic E-state index is 13.3. The predicted octanol–water partition coefficient (Wildman–Crippen LogP) is 2.71. The van der Waals surface area contributed by atoms with Gasteiger partial charge in [-0.15, -0.1) is 0 Å². The molecule has 0 aliphatic heterocycles. The van der Waals surface area contributed by atoms with Crippen molar-refractivity contribution in [2.75, 3.05) is 12.0 Å². The minimum Gasteiger partial charge on any atom is -0.365 e. The quantitative estimate of drug-likeness (QED) is 0.797. The molecule has 0 radical (unpaired) electrons. The maximum Gasteiger partial charge on any atom is 0.254 e. The molecule has 3 atom stereocenters. The molecule has 2 aromatic heterocycles. The largest absolute Gasteiger partial charge is 0.365 e. The minimum absolute atomic E-state index is 0.125. The van der Waals surface area contributed by atoms with Gasteiger partial charge >= 0.3 is 0 Å². The fourth-order valence-electron chi connectivity index (χ4n) is 3.29. The Morgan fingerprint density at radius 3 is 2.96 bits per heavy atom. The summed E-state index contributed by atoms with van der Waals surface area (Å²) >= 11 is 0. The molecule has 1 aliphatic carbocycles. The van der Waals surface area contributed by atoms with Crippen LogP contribution in [0.25, 0.3) is 0 Å². The van der Waals surface area contributed by atoms with Crippen molar-refractivity contribution in [2.24, 2.45) is 17.6 Å². The van der Waals surface area contributed by atoms with Gasteiger partial charge in [0.05, 0.1) is 24.7 Å². The average Bonchev–Trinajstić information content (AvgIpc) is 3.05. The highest BCUT2D eigenvalue weighted by molar-refractivity contribution is 5.98. The molecular weight excluding hydrogens is 342 g/mol. The molecule has 1 fully saturated rings. The van der Waals surface area contributed by atoms with Crippen molar-refractivity contribution in [3.05, 3.63) is 36.0 Å². The van der Waals surface area contributed by atoms with Gasteiger partial charge in [-0.2, -0.15) is 14.8 Å². The van der Waals surface area contributed by atoms with Gasteiger partial charge in [0.15, 0.2) is 5.82 Å². The second-order valence-electron chi connectivity index (χ2n) is 6.36. The number of nitrogens with one attached hydrogen (secondary N) is 1. The van der Waals surface area contributed by atoms with Crippen molar-refractivity contribution < 1.29 is 13.6 Å². The van der Waals surface area contributed by atoms with Crippen LogP contribution in [0.3, 0.4) is 0 Å². The van der Waals surface area contributed by atoms with E-state index >= 15 is 0 Å². The molecule has 1 aliphatic rings. The SMILES string of the molecule is N#CC1CC(CF)CCC1n1cc(C(N)=O)c(Nc2ccnc(F)c2)n1. The topological polar surface area (TPSA) is 110 Å². The second-order valence-corrected chi connectivity index (χ2v) is 6.36. The molecule has 1 amide bonds. The van der Waals surface area contributed by atoms with Gasteiger partial charge in [-0.25, -0.2) is 4.98 Å². The lowest BCUT2D eigenvalue weighted by atomic mass is 9.79. The van der Waals surface area contributed by atoms with Crippen LogP contribution in [0.15, 0.2) is 24.5 Å². The normalized spacial score (nSPS) is 22.6. The van der Waals surface area contributed by atoms with Crippen molar-refractivity contribution in [3.63, 3.8) is 0 Å². The van der Waals surface area contributed by atoms with Crippen LogP contribution in [0.2, 0.25) is 0 Å².